The highest BCUT2D eigenvalue weighted by atomic mass is 35.5. The zero-order chi connectivity index (χ0) is 20.7. The van der Waals surface area contributed by atoms with Gasteiger partial charge in [-0.3, -0.25) is 4.79 Å². The number of ether oxygens (including phenoxy) is 1. The Morgan fingerprint density at radius 2 is 1.93 bits per heavy atom. The molecule has 9 heteroatoms. The van der Waals surface area contributed by atoms with Gasteiger partial charge in [0.05, 0.1) is 23.4 Å². The zero-order valence-corrected chi connectivity index (χ0v) is 16.4. The van der Waals surface area contributed by atoms with Crippen LogP contribution in [-0.4, -0.2) is 33.2 Å². The smallest absolute Gasteiger partial charge is 0.259 e. The molecule has 8 nitrogen and oxygen atoms in total. The molecule has 148 valence electrons. The number of nitrogens with zero attached hydrogens (tertiary/aromatic N) is 4. The highest BCUT2D eigenvalue weighted by molar-refractivity contribution is 6.33. The van der Waals surface area contributed by atoms with Gasteiger partial charge in [-0.05, 0) is 34.7 Å². The second-order valence-corrected chi connectivity index (χ2v) is 6.93. The number of hydrogen-bond donors (Lipinski definition) is 1. The normalized spacial score (nSPS) is 11.1. The SMILES string of the molecule is COc1cc(-n2cnnn2)c(Cl)cc1C(=O)Nc1ccc2c(c1)oc1ccccc12. The first-order valence-electron chi connectivity index (χ1n) is 8.97. The maximum Gasteiger partial charge on any atom is 0.259 e. The summed E-state index contributed by atoms with van der Waals surface area (Å²) in [7, 11) is 1.48. The summed E-state index contributed by atoms with van der Waals surface area (Å²) in [4.78, 5) is 12.9. The van der Waals surface area contributed by atoms with E-state index in [1.54, 1.807) is 12.1 Å². The summed E-state index contributed by atoms with van der Waals surface area (Å²) in [5, 5.41) is 16.2. The molecule has 0 bridgehead atoms. The van der Waals surface area contributed by atoms with Crippen LogP contribution in [0.4, 0.5) is 5.69 Å². The molecule has 3 aromatic carbocycles. The lowest BCUT2D eigenvalue weighted by atomic mass is 10.1. The van der Waals surface area contributed by atoms with Crippen molar-refractivity contribution < 1.29 is 13.9 Å². The Kier molecular flexibility index (Phi) is 4.33. The monoisotopic (exact) mass is 419 g/mol. The standard InChI is InChI=1S/C21H14ClN5O3/c1-29-19-10-17(27-11-23-25-26-27)16(22)9-15(19)21(28)24-12-6-7-14-13-4-2-3-5-18(13)30-20(14)8-12/h2-11H,1H3,(H,24,28). The number of hydrogen-bond acceptors (Lipinski definition) is 6. The van der Waals surface area contributed by atoms with Crippen LogP contribution in [0.3, 0.4) is 0 Å². The molecule has 0 atom stereocenters. The number of furan rings is 1. The van der Waals surface area contributed by atoms with Crippen LogP contribution in [0.2, 0.25) is 5.02 Å². The number of halogens is 1. The summed E-state index contributed by atoms with van der Waals surface area (Å²) in [6, 6.07) is 16.4. The van der Waals surface area contributed by atoms with E-state index in [0.29, 0.717) is 27.7 Å². The van der Waals surface area contributed by atoms with Gasteiger partial charge in [0.2, 0.25) is 0 Å². The number of tetrazole rings is 1. The summed E-state index contributed by atoms with van der Waals surface area (Å²) in [5.41, 5.74) is 2.85. The van der Waals surface area contributed by atoms with Crippen molar-refractivity contribution in [2.45, 2.75) is 0 Å². The van der Waals surface area contributed by atoms with Crippen LogP contribution in [0.25, 0.3) is 27.6 Å². The van der Waals surface area contributed by atoms with Crippen LogP contribution in [0.1, 0.15) is 10.4 Å². The van der Waals surface area contributed by atoms with Gasteiger partial charge in [-0.1, -0.05) is 29.8 Å². The molecule has 0 unspecified atom stereocenters. The van der Waals surface area contributed by atoms with Crippen molar-refractivity contribution in [3.63, 3.8) is 0 Å². The molecule has 2 aromatic heterocycles. The van der Waals surface area contributed by atoms with Crippen molar-refractivity contribution in [1.29, 1.82) is 0 Å². The number of benzene rings is 3. The van der Waals surface area contributed by atoms with Gasteiger partial charge < -0.3 is 14.5 Å². The summed E-state index contributed by atoms with van der Waals surface area (Å²) in [6.45, 7) is 0. The molecule has 0 saturated carbocycles. The Balaban J connectivity index is 1.49. The van der Waals surface area contributed by atoms with Crippen molar-refractivity contribution in [2.24, 2.45) is 0 Å². The van der Waals surface area contributed by atoms with Crippen LogP contribution in [0.15, 0.2) is 65.3 Å². The van der Waals surface area contributed by atoms with Gasteiger partial charge in [-0.15, -0.1) is 5.10 Å². The third-order valence-corrected chi connectivity index (χ3v) is 5.05. The van der Waals surface area contributed by atoms with Crippen LogP contribution >= 0.6 is 11.6 Å². The van der Waals surface area contributed by atoms with E-state index in [4.69, 9.17) is 20.8 Å². The number of para-hydroxylation sites is 1. The Morgan fingerprint density at radius 1 is 1.10 bits per heavy atom. The maximum absolute atomic E-state index is 12.9. The van der Waals surface area contributed by atoms with Crippen molar-refractivity contribution in [3.05, 3.63) is 71.5 Å². The molecule has 2 heterocycles. The minimum Gasteiger partial charge on any atom is -0.496 e. The number of carbonyl (C=O) groups excluding carboxylic acids is 1. The minimum atomic E-state index is -0.368. The van der Waals surface area contributed by atoms with Gasteiger partial charge in [-0.2, -0.15) is 4.68 Å². The summed E-state index contributed by atoms with van der Waals surface area (Å²) >= 11 is 6.35. The molecular formula is C21H14ClN5O3. The lowest BCUT2D eigenvalue weighted by molar-refractivity contribution is 0.102. The molecule has 1 amide bonds. The maximum atomic E-state index is 12.9. The summed E-state index contributed by atoms with van der Waals surface area (Å²) in [5.74, 6) is -0.0281. The molecule has 5 rings (SSSR count). The van der Waals surface area contributed by atoms with Gasteiger partial charge in [0.1, 0.15) is 23.2 Å². The van der Waals surface area contributed by atoms with Gasteiger partial charge in [0.15, 0.2) is 0 Å². The topological polar surface area (TPSA) is 95.1 Å². The average Bonchev–Trinajstić information content (AvgIpc) is 3.41. The lowest BCUT2D eigenvalue weighted by Gasteiger charge is -2.12. The van der Waals surface area contributed by atoms with E-state index >= 15 is 0 Å². The first-order chi connectivity index (χ1) is 14.6. The molecule has 0 aliphatic heterocycles. The minimum absolute atomic E-state index is 0.282. The van der Waals surface area contributed by atoms with Crippen molar-refractivity contribution in [1.82, 2.24) is 20.2 Å². The Morgan fingerprint density at radius 3 is 2.73 bits per heavy atom. The fourth-order valence-corrected chi connectivity index (χ4v) is 3.59. The number of carbonyl (C=O) groups is 1. The fourth-order valence-electron chi connectivity index (χ4n) is 3.34. The number of rotatable bonds is 4. The van der Waals surface area contributed by atoms with Crippen LogP contribution in [0.5, 0.6) is 5.75 Å². The summed E-state index contributed by atoms with van der Waals surface area (Å²) < 4.78 is 12.7. The Hall–Kier alpha value is -3.91. The van der Waals surface area contributed by atoms with E-state index in [-0.39, 0.29) is 11.5 Å². The molecule has 30 heavy (non-hydrogen) atoms. The summed E-state index contributed by atoms with van der Waals surface area (Å²) in [6.07, 6.45) is 1.41. The van der Waals surface area contributed by atoms with Crippen molar-refractivity contribution >= 4 is 45.1 Å². The Labute approximate surface area is 175 Å². The molecule has 0 radical (unpaired) electrons. The van der Waals surface area contributed by atoms with Gasteiger partial charge in [0.25, 0.3) is 5.91 Å². The van der Waals surface area contributed by atoms with Crippen LogP contribution in [-0.2, 0) is 0 Å². The van der Waals surface area contributed by atoms with Gasteiger partial charge in [-0.25, -0.2) is 0 Å². The highest BCUT2D eigenvalue weighted by Gasteiger charge is 2.18. The van der Waals surface area contributed by atoms with Gasteiger partial charge >= 0.3 is 0 Å². The van der Waals surface area contributed by atoms with E-state index < -0.39 is 0 Å². The van der Waals surface area contributed by atoms with E-state index in [9.17, 15) is 4.79 Å². The number of methoxy groups -OCH3 is 1. The van der Waals surface area contributed by atoms with Crippen molar-refractivity contribution in [2.75, 3.05) is 12.4 Å². The predicted molar refractivity (Wildman–Crippen MR) is 112 cm³/mol. The number of anilines is 1. The molecule has 0 saturated heterocycles. The average molecular weight is 420 g/mol. The molecular weight excluding hydrogens is 406 g/mol. The molecule has 0 fully saturated rings. The molecule has 0 spiro atoms. The highest BCUT2D eigenvalue weighted by Crippen LogP contribution is 2.32. The van der Waals surface area contributed by atoms with Gasteiger partial charge in [0, 0.05) is 28.6 Å². The molecule has 0 aliphatic carbocycles. The quantitative estimate of drug-likeness (QED) is 0.461. The molecule has 0 aliphatic rings. The third kappa shape index (κ3) is 3.03. The largest absolute Gasteiger partial charge is 0.496 e. The van der Waals surface area contributed by atoms with E-state index in [0.717, 1.165) is 16.4 Å². The van der Waals surface area contributed by atoms with Crippen molar-refractivity contribution in [3.8, 4) is 11.4 Å². The van der Waals surface area contributed by atoms with E-state index in [2.05, 4.69) is 20.8 Å². The second-order valence-electron chi connectivity index (χ2n) is 6.52. The van der Waals surface area contributed by atoms with E-state index in [1.807, 2.05) is 36.4 Å². The first-order valence-corrected chi connectivity index (χ1v) is 9.35. The predicted octanol–water partition coefficient (Wildman–Crippen LogP) is 4.48. The number of aromatic nitrogens is 4. The Bertz CT molecular complexity index is 1400. The van der Waals surface area contributed by atoms with Crippen LogP contribution < -0.4 is 10.1 Å². The molecule has 5 aromatic rings. The lowest BCUT2D eigenvalue weighted by Crippen LogP contribution is -2.14. The van der Waals surface area contributed by atoms with Crippen LogP contribution in [0, 0.1) is 0 Å². The zero-order valence-electron chi connectivity index (χ0n) is 15.7. The van der Waals surface area contributed by atoms with E-state index in [1.165, 1.54) is 24.2 Å². The first kappa shape index (κ1) is 18.1. The second kappa shape index (κ2) is 7.16. The third-order valence-electron chi connectivity index (χ3n) is 4.75. The molecule has 1 N–H and O–H groups in total. The number of amides is 1. The number of fused-ring (bicyclic) bond motifs is 3. The number of nitrogens with one attached hydrogen (secondary N) is 1. The fraction of sp³-hybridized carbons (Fsp3) is 0.0476.